The third kappa shape index (κ3) is 3.09. The summed E-state index contributed by atoms with van der Waals surface area (Å²) >= 11 is 5.78. The Bertz CT molecular complexity index is 552. The van der Waals surface area contributed by atoms with Crippen LogP contribution in [-0.2, 0) is 6.54 Å². The Hall–Kier alpha value is -1.84. The van der Waals surface area contributed by atoms with Gasteiger partial charge in [-0.05, 0) is 42.0 Å². The molecular weight excluding hydrogens is 248 g/mol. The van der Waals surface area contributed by atoms with Gasteiger partial charge in [0.2, 0.25) is 0 Å². The van der Waals surface area contributed by atoms with Gasteiger partial charge in [-0.1, -0.05) is 23.7 Å². The summed E-state index contributed by atoms with van der Waals surface area (Å²) < 4.78 is 0. The van der Waals surface area contributed by atoms with Gasteiger partial charge in [0.25, 0.3) is 5.91 Å². The summed E-state index contributed by atoms with van der Waals surface area (Å²) in [6.45, 7) is 0.419. The smallest absolute Gasteiger partial charge is 0.255 e. The molecule has 2 aromatic rings. The maximum atomic E-state index is 12.0. The quantitative estimate of drug-likeness (QED) is 0.891. The molecule has 4 heteroatoms. The van der Waals surface area contributed by atoms with Gasteiger partial charge in [-0.2, -0.15) is 0 Å². The van der Waals surface area contributed by atoms with E-state index in [0.717, 1.165) is 5.56 Å². The fourth-order valence-electron chi connectivity index (χ4n) is 1.58. The van der Waals surface area contributed by atoms with Crippen LogP contribution in [0.1, 0.15) is 15.9 Å². The number of rotatable bonds is 3. The van der Waals surface area contributed by atoms with Crippen molar-refractivity contribution in [2.24, 2.45) is 5.73 Å². The van der Waals surface area contributed by atoms with Gasteiger partial charge in [0, 0.05) is 22.8 Å². The molecule has 2 aromatic carbocycles. The summed E-state index contributed by atoms with van der Waals surface area (Å²) in [7, 11) is 0. The number of halogens is 1. The SMILES string of the molecule is NCc1cccc(C(=O)Nc2ccc(Cl)cc2)c1. The monoisotopic (exact) mass is 260 g/mol. The topological polar surface area (TPSA) is 55.1 Å². The van der Waals surface area contributed by atoms with Gasteiger partial charge in [0.05, 0.1) is 0 Å². The molecule has 0 atom stereocenters. The van der Waals surface area contributed by atoms with E-state index >= 15 is 0 Å². The first-order chi connectivity index (χ1) is 8.69. The third-order valence-electron chi connectivity index (χ3n) is 2.53. The van der Waals surface area contributed by atoms with E-state index in [4.69, 9.17) is 17.3 Å². The second kappa shape index (κ2) is 5.67. The highest BCUT2D eigenvalue weighted by Crippen LogP contribution is 2.14. The minimum absolute atomic E-state index is 0.160. The third-order valence-corrected chi connectivity index (χ3v) is 2.78. The molecule has 0 unspecified atom stereocenters. The first-order valence-electron chi connectivity index (χ1n) is 5.55. The molecule has 0 fully saturated rings. The Morgan fingerprint density at radius 3 is 2.56 bits per heavy atom. The second-order valence-electron chi connectivity index (χ2n) is 3.87. The highest BCUT2D eigenvalue weighted by molar-refractivity contribution is 6.30. The molecule has 0 radical (unpaired) electrons. The Balaban J connectivity index is 2.14. The summed E-state index contributed by atoms with van der Waals surface area (Å²) in [6, 6.07) is 14.2. The summed E-state index contributed by atoms with van der Waals surface area (Å²) in [5.74, 6) is -0.160. The van der Waals surface area contributed by atoms with Crippen molar-refractivity contribution < 1.29 is 4.79 Å². The maximum Gasteiger partial charge on any atom is 0.255 e. The largest absolute Gasteiger partial charge is 0.326 e. The molecule has 0 saturated heterocycles. The minimum Gasteiger partial charge on any atom is -0.326 e. The van der Waals surface area contributed by atoms with Crippen LogP contribution in [0, 0.1) is 0 Å². The Morgan fingerprint density at radius 1 is 1.17 bits per heavy atom. The lowest BCUT2D eigenvalue weighted by Crippen LogP contribution is -2.12. The molecule has 0 spiro atoms. The molecule has 0 aliphatic rings. The number of carbonyl (C=O) groups is 1. The Labute approximate surface area is 111 Å². The van der Waals surface area contributed by atoms with Gasteiger partial charge in [-0.3, -0.25) is 4.79 Å². The Morgan fingerprint density at radius 2 is 1.89 bits per heavy atom. The standard InChI is InChI=1S/C14H13ClN2O/c15-12-4-6-13(7-5-12)17-14(18)11-3-1-2-10(8-11)9-16/h1-8H,9,16H2,(H,17,18). The summed E-state index contributed by atoms with van der Waals surface area (Å²) in [4.78, 5) is 12.0. The zero-order chi connectivity index (χ0) is 13.0. The number of carbonyl (C=O) groups excluding carboxylic acids is 1. The molecule has 3 nitrogen and oxygen atoms in total. The van der Waals surface area contributed by atoms with Crippen LogP contribution in [0.2, 0.25) is 5.02 Å². The van der Waals surface area contributed by atoms with E-state index in [-0.39, 0.29) is 5.91 Å². The second-order valence-corrected chi connectivity index (χ2v) is 4.30. The van der Waals surface area contributed by atoms with Crippen LogP contribution in [0.15, 0.2) is 48.5 Å². The molecule has 3 N–H and O–H groups in total. The van der Waals surface area contributed by atoms with Crippen molar-refractivity contribution in [3.8, 4) is 0 Å². The molecular formula is C14H13ClN2O. The van der Waals surface area contributed by atoms with Crippen LogP contribution in [0.4, 0.5) is 5.69 Å². The highest BCUT2D eigenvalue weighted by atomic mass is 35.5. The van der Waals surface area contributed by atoms with Crippen molar-refractivity contribution in [2.75, 3.05) is 5.32 Å². The van der Waals surface area contributed by atoms with E-state index in [9.17, 15) is 4.79 Å². The van der Waals surface area contributed by atoms with Crippen molar-refractivity contribution in [1.82, 2.24) is 0 Å². The molecule has 2 rings (SSSR count). The molecule has 0 aromatic heterocycles. The lowest BCUT2D eigenvalue weighted by Gasteiger charge is -2.06. The molecule has 0 aliphatic heterocycles. The van der Waals surface area contributed by atoms with Crippen molar-refractivity contribution in [3.63, 3.8) is 0 Å². The van der Waals surface area contributed by atoms with Crippen LogP contribution < -0.4 is 11.1 Å². The number of nitrogens with one attached hydrogen (secondary N) is 1. The fourth-order valence-corrected chi connectivity index (χ4v) is 1.70. The lowest BCUT2D eigenvalue weighted by atomic mass is 10.1. The predicted molar refractivity (Wildman–Crippen MR) is 73.7 cm³/mol. The van der Waals surface area contributed by atoms with Gasteiger partial charge in [-0.15, -0.1) is 0 Å². The maximum absolute atomic E-state index is 12.0. The number of amides is 1. The fraction of sp³-hybridized carbons (Fsp3) is 0.0714. The van der Waals surface area contributed by atoms with E-state index < -0.39 is 0 Å². The van der Waals surface area contributed by atoms with Crippen molar-refractivity contribution >= 4 is 23.2 Å². The van der Waals surface area contributed by atoms with E-state index in [0.29, 0.717) is 22.8 Å². The molecule has 0 aliphatic carbocycles. The van der Waals surface area contributed by atoms with Gasteiger partial charge in [0.15, 0.2) is 0 Å². The van der Waals surface area contributed by atoms with Crippen molar-refractivity contribution in [1.29, 1.82) is 0 Å². The minimum atomic E-state index is -0.160. The van der Waals surface area contributed by atoms with E-state index in [1.165, 1.54) is 0 Å². The Kier molecular flexibility index (Phi) is 3.97. The van der Waals surface area contributed by atoms with E-state index in [1.807, 2.05) is 12.1 Å². The predicted octanol–water partition coefficient (Wildman–Crippen LogP) is 3.05. The van der Waals surface area contributed by atoms with Gasteiger partial charge in [0.1, 0.15) is 0 Å². The zero-order valence-electron chi connectivity index (χ0n) is 9.69. The van der Waals surface area contributed by atoms with Gasteiger partial charge in [-0.25, -0.2) is 0 Å². The molecule has 0 saturated carbocycles. The highest BCUT2D eigenvalue weighted by Gasteiger charge is 2.06. The number of hydrogen-bond donors (Lipinski definition) is 2. The summed E-state index contributed by atoms with van der Waals surface area (Å²) in [5, 5.41) is 3.44. The average Bonchev–Trinajstić information content (AvgIpc) is 2.41. The number of nitrogens with two attached hydrogens (primary N) is 1. The van der Waals surface area contributed by atoms with Crippen LogP contribution in [0.5, 0.6) is 0 Å². The first-order valence-corrected chi connectivity index (χ1v) is 5.93. The van der Waals surface area contributed by atoms with Crippen molar-refractivity contribution in [2.45, 2.75) is 6.54 Å². The van der Waals surface area contributed by atoms with Crippen LogP contribution in [0.25, 0.3) is 0 Å². The number of hydrogen-bond acceptors (Lipinski definition) is 2. The average molecular weight is 261 g/mol. The lowest BCUT2D eigenvalue weighted by molar-refractivity contribution is 0.102. The van der Waals surface area contributed by atoms with Crippen LogP contribution >= 0.6 is 11.6 Å². The van der Waals surface area contributed by atoms with Gasteiger partial charge >= 0.3 is 0 Å². The molecule has 1 amide bonds. The molecule has 0 bridgehead atoms. The normalized spacial score (nSPS) is 10.1. The summed E-state index contributed by atoms with van der Waals surface area (Å²) in [6.07, 6.45) is 0. The number of benzene rings is 2. The first kappa shape index (κ1) is 12.6. The van der Waals surface area contributed by atoms with Crippen LogP contribution in [-0.4, -0.2) is 5.91 Å². The van der Waals surface area contributed by atoms with Crippen molar-refractivity contribution in [3.05, 3.63) is 64.7 Å². The van der Waals surface area contributed by atoms with E-state index in [1.54, 1.807) is 36.4 Å². The molecule has 18 heavy (non-hydrogen) atoms. The molecule has 92 valence electrons. The van der Waals surface area contributed by atoms with Gasteiger partial charge < -0.3 is 11.1 Å². The molecule has 0 heterocycles. The zero-order valence-corrected chi connectivity index (χ0v) is 10.4. The summed E-state index contributed by atoms with van der Waals surface area (Å²) in [5.41, 5.74) is 7.77. The number of anilines is 1. The van der Waals surface area contributed by atoms with E-state index in [2.05, 4.69) is 5.32 Å². The van der Waals surface area contributed by atoms with Crippen LogP contribution in [0.3, 0.4) is 0 Å².